The monoisotopic (exact) mass is 232 g/mol. The van der Waals surface area contributed by atoms with Crippen molar-refractivity contribution in [3.63, 3.8) is 0 Å². The van der Waals surface area contributed by atoms with Crippen LogP contribution in [0.2, 0.25) is 0 Å². The van der Waals surface area contributed by atoms with Crippen molar-refractivity contribution < 1.29 is 9.90 Å². The summed E-state index contributed by atoms with van der Waals surface area (Å²) in [7, 11) is 0. The third-order valence-electron chi connectivity index (χ3n) is 2.44. The van der Waals surface area contributed by atoms with E-state index in [1.54, 1.807) is 0 Å². The van der Waals surface area contributed by atoms with Crippen LogP contribution < -0.4 is 5.32 Å². The average Bonchev–Trinajstić information content (AvgIpc) is 2.29. The minimum Gasteiger partial charge on any atom is -0.481 e. The lowest BCUT2D eigenvalue weighted by atomic mass is 10.1. The number of nitrogens with one attached hydrogen (secondary N) is 1. The van der Waals surface area contributed by atoms with E-state index in [0.29, 0.717) is 12.8 Å². The minimum absolute atomic E-state index is 0.118. The van der Waals surface area contributed by atoms with Gasteiger partial charge < -0.3 is 10.4 Å². The first-order valence-corrected chi connectivity index (χ1v) is 5.56. The lowest BCUT2D eigenvalue weighted by Gasteiger charge is -2.14. The Morgan fingerprint density at radius 3 is 2.65 bits per heavy atom. The van der Waals surface area contributed by atoms with E-state index in [2.05, 4.69) is 11.4 Å². The summed E-state index contributed by atoms with van der Waals surface area (Å²) in [5.41, 5.74) is 1.93. The molecule has 0 radical (unpaired) electrons. The highest BCUT2D eigenvalue weighted by Crippen LogP contribution is 2.12. The highest BCUT2D eigenvalue weighted by Gasteiger charge is 2.05. The van der Waals surface area contributed by atoms with Crippen molar-refractivity contribution in [2.75, 3.05) is 5.32 Å². The normalized spacial score (nSPS) is 11.5. The van der Waals surface area contributed by atoms with Crippen LogP contribution in [0.1, 0.15) is 25.3 Å². The van der Waals surface area contributed by atoms with Gasteiger partial charge in [0.25, 0.3) is 0 Å². The van der Waals surface area contributed by atoms with Crippen molar-refractivity contribution in [2.24, 2.45) is 0 Å². The second kappa shape index (κ2) is 6.54. The summed E-state index contributed by atoms with van der Waals surface area (Å²) in [6, 6.07) is 9.82. The van der Waals surface area contributed by atoms with E-state index in [-0.39, 0.29) is 12.5 Å². The topological polar surface area (TPSA) is 73.1 Å². The average molecular weight is 232 g/mol. The summed E-state index contributed by atoms with van der Waals surface area (Å²) in [5, 5.41) is 20.3. The molecule has 0 aliphatic rings. The molecule has 1 unspecified atom stereocenters. The van der Waals surface area contributed by atoms with Crippen LogP contribution in [0.3, 0.4) is 0 Å². The van der Waals surface area contributed by atoms with Crippen molar-refractivity contribution >= 4 is 11.7 Å². The molecule has 4 heteroatoms. The summed E-state index contributed by atoms with van der Waals surface area (Å²) in [6.07, 6.45) is 1.17. The molecule has 2 N–H and O–H groups in total. The molecule has 1 rings (SSSR count). The van der Waals surface area contributed by atoms with Gasteiger partial charge >= 0.3 is 5.97 Å². The van der Waals surface area contributed by atoms with Crippen LogP contribution in [-0.2, 0) is 11.2 Å². The van der Waals surface area contributed by atoms with Crippen molar-refractivity contribution in [3.8, 4) is 6.07 Å². The van der Waals surface area contributed by atoms with Gasteiger partial charge in [0.15, 0.2) is 0 Å². The van der Waals surface area contributed by atoms with Gasteiger partial charge in [-0.25, -0.2) is 0 Å². The Kier molecular flexibility index (Phi) is 5.02. The van der Waals surface area contributed by atoms with Crippen LogP contribution in [0.15, 0.2) is 24.3 Å². The van der Waals surface area contributed by atoms with Crippen LogP contribution >= 0.6 is 0 Å². The van der Waals surface area contributed by atoms with Crippen LogP contribution in [0, 0.1) is 11.3 Å². The molecule has 0 bridgehead atoms. The molecule has 0 saturated carbocycles. The molecule has 1 atom stereocenters. The third-order valence-corrected chi connectivity index (χ3v) is 2.44. The van der Waals surface area contributed by atoms with Crippen LogP contribution in [0.5, 0.6) is 0 Å². The molecule has 0 aromatic heterocycles. The molecule has 0 heterocycles. The van der Waals surface area contributed by atoms with E-state index in [4.69, 9.17) is 10.4 Å². The maximum absolute atomic E-state index is 10.4. The van der Waals surface area contributed by atoms with Gasteiger partial charge in [-0.2, -0.15) is 5.26 Å². The van der Waals surface area contributed by atoms with Gasteiger partial charge in [-0.05, 0) is 31.0 Å². The third kappa shape index (κ3) is 5.03. The largest absolute Gasteiger partial charge is 0.481 e. The van der Waals surface area contributed by atoms with Crippen molar-refractivity contribution in [3.05, 3.63) is 29.8 Å². The maximum Gasteiger partial charge on any atom is 0.303 e. The molecule has 0 spiro atoms. The number of hydrogen-bond donors (Lipinski definition) is 2. The van der Waals surface area contributed by atoms with Crippen molar-refractivity contribution in [2.45, 2.75) is 32.2 Å². The van der Waals surface area contributed by atoms with Crippen LogP contribution in [0.4, 0.5) is 5.69 Å². The Labute approximate surface area is 101 Å². The summed E-state index contributed by atoms with van der Waals surface area (Å²) in [6.45, 7) is 1.95. The zero-order valence-electron chi connectivity index (χ0n) is 9.81. The van der Waals surface area contributed by atoms with Crippen LogP contribution in [0.25, 0.3) is 0 Å². The molecule has 4 nitrogen and oxygen atoms in total. The van der Waals surface area contributed by atoms with Crippen molar-refractivity contribution in [1.82, 2.24) is 0 Å². The molecule has 0 aliphatic heterocycles. The predicted octanol–water partition coefficient (Wildman–Crippen LogP) is 2.42. The van der Waals surface area contributed by atoms with Gasteiger partial charge in [0, 0.05) is 18.2 Å². The van der Waals surface area contributed by atoms with Gasteiger partial charge in [0.2, 0.25) is 0 Å². The smallest absolute Gasteiger partial charge is 0.303 e. The number of nitriles is 1. The molecular weight excluding hydrogens is 216 g/mol. The van der Waals surface area contributed by atoms with Gasteiger partial charge in [-0.3, -0.25) is 4.79 Å². The number of carboxylic acids is 1. The van der Waals surface area contributed by atoms with Crippen LogP contribution in [-0.4, -0.2) is 17.1 Å². The fourth-order valence-electron chi connectivity index (χ4n) is 1.51. The van der Waals surface area contributed by atoms with Gasteiger partial charge in [0.05, 0.1) is 12.5 Å². The number of anilines is 1. The number of carboxylic acid groups (broad SMARTS) is 1. The molecule has 0 saturated heterocycles. The molecule has 1 aromatic carbocycles. The zero-order valence-corrected chi connectivity index (χ0v) is 9.81. The van der Waals surface area contributed by atoms with Gasteiger partial charge in [-0.1, -0.05) is 12.1 Å². The van der Waals surface area contributed by atoms with E-state index >= 15 is 0 Å². The molecule has 17 heavy (non-hydrogen) atoms. The highest BCUT2D eigenvalue weighted by atomic mass is 16.4. The quantitative estimate of drug-likeness (QED) is 0.790. The number of aliphatic carboxylic acids is 1. The Balaban J connectivity index is 2.46. The molecule has 0 amide bonds. The Hall–Kier alpha value is -2.02. The van der Waals surface area contributed by atoms with E-state index in [0.717, 1.165) is 11.3 Å². The SMILES string of the molecule is CC(CCC(=O)O)Nc1ccc(CC#N)cc1. The number of benzene rings is 1. The number of nitrogens with zero attached hydrogens (tertiary/aromatic N) is 1. The molecule has 0 aliphatic carbocycles. The van der Waals surface area contributed by atoms with E-state index in [1.807, 2.05) is 31.2 Å². The highest BCUT2D eigenvalue weighted by molar-refractivity contribution is 5.66. The van der Waals surface area contributed by atoms with E-state index < -0.39 is 5.97 Å². The Morgan fingerprint density at radius 2 is 2.12 bits per heavy atom. The molecule has 0 fully saturated rings. The first-order valence-electron chi connectivity index (χ1n) is 5.56. The first kappa shape index (κ1) is 13.0. The maximum atomic E-state index is 10.4. The summed E-state index contributed by atoms with van der Waals surface area (Å²) in [5.74, 6) is -0.775. The predicted molar refractivity (Wildman–Crippen MR) is 65.7 cm³/mol. The number of rotatable bonds is 6. The lowest BCUT2D eigenvalue weighted by Crippen LogP contribution is -2.16. The Morgan fingerprint density at radius 1 is 1.47 bits per heavy atom. The number of carbonyl (C=O) groups is 1. The molecular formula is C13H16N2O2. The van der Waals surface area contributed by atoms with Crippen molar-refractivity contribution in [1.29, 1.82) is 5.26 Å². The fourth-order valence-corrected chi connectivity index (χ4v) is 1.51. The zero-order chi connectivity index (χ0) is 12.7. The first-order chi connectivity index (χ1) is 8.11. The second-order valence-electron chi connectivity index (χ2n) is 4.01. The Bertz CT molecular complexity index is 406. The van der Waals surface area contributed by atoms with Gasteiger partial charge in [-0.15, -0.1) is 0 Å². The minimum atomic E-state index is -0.775. The second-order valence-corrected chi connectivity index (χ2v) is 4.01. The summed E-state index contributed by atoms with van der Waals surface area (Å²) < 4.78 is 0. The molecule has 90 valence electrons. The van der Waals surface area contributed by atoms with Gasteiger partial charge in [0.1, 0.15) is 0 Å². The summed E-state index contributed by atoms with van der Waals surface area (Å²) in [4.78, 5) is 10.4. The standard InChI is InChI=1S/C13H16N2O2/c1-10(2-7-13(16)17)15-12-5-3-11(4-6-12)8-9-14/h3-6,10,15H,2,7-8H2,1H3,(H,16,17). The summed E-state index contributed by atoms with van der Waals surface area (Å²) >= 11 is 0. The lowest BCUT2D eigenvalue weighted by molar-refractivity contribution is -0.137. The molecule has 1 aromatic rings. The van der Waals surface area contributed by atoms with E-state index in [9.17, 15) is 4.79 Å². The van der Waals surface area contributed by atoms with E-state index in [1.165, 1.54) is 0 Å². The fraction of sp³-hybridized carbons (Fsp3) is 0.385. The number of hydrogen-bond acceptors (Lipinski definition) is 3.